The monoisotopic (exact) mass is 564 g/mol. The number of ether oxygens (including phenoxy) is 2. The van der Waals surface area contributed by atoms with Crippen molar-refractivity contribution < 1.29 is 43.7 Å². The van der Waals surface area contributed by atoms with Gasteiger partial charge in [0.1, 0.15) is 17.4 Å². The average Bonchev–Trinajstić information content (AvgIpc) is 2.88. The zero-order valence-electron chi connectivity index (χ0n) is 23.5. The molecule has 0 aliphatic carbocycles. The van der Waals surface area contributed by atoms with Gasteiger partial charge < -0.3 is 40.1 Å². The van der Waals surface area contributed by atoms with Crippen LogP contribution in [-0.2, 0) is 25.5 Å². The Bertz CT molecular complexity index is 1020. The smallest absolute Gasteiger partial charge is 0.410 e. The van der Waals surface area contributed by atoms with Crippen LogP contribution in [0.25, 0.3) is 0 Å². The molecular formula is C27H40N4O9. The van der Waals surface area contributed by atoms with E-state index in [0.717, 1.165) is 19.3 Å². The van der Waals surface area contributed by atoms with Crippen molar-refractivity contribution in [3.63, 3.8) is 0 Å². The Kier molecular flexibility index (Phi) is 12.0. The predicted octanol–water partition coefficient (Wildman–Crippen LogP) is 2.08. The van der Waals surface area contributed by atoms with Crippen molar-refractivity contribution in [2.45, 2.75) is 71.1 Å². The van der Waals surface area contributed by atoms with Crippen molar-refractivity contribution in [3.05, 3.63) is 29.8 Å². The molecule has 2 rings (SSSR count). The maximum atomic E-state index is 13.1. The number of benzene rings is 1. The quantitative estimate of drug-likeness (QED) is 0.219. The highest BCUT2D eigenvalue weighted by Gasteiger charge is 2.30. The van der Waals surface area contributed by atoms with Crippen LogP contribution >= 0.6 is 0 Å². The van der Waals surface area contributed by atoms with E-state index in [0.29, 0.717) is 25.2 Å². The highest BCUT2D eigenvalue weighted by molar-refractivity contribution is 5.96. The Balaban J connectivity index is 2.04. The molecule has 0 spiro atoms. The van der Waals surface area contributed by atoms with Crippen molar-refractivity contribution in [1.82, 2.24) is 20.4 Å². The Morgan fingerprint density at radius 1 is 0.925 bits per heavy atom. The molecular weight excluding hydrogens is 524 g/mol. The normalized spacial score (nSPS) is 14.3. The number of nitrogens with zero attached hydrogens (tertiary/aromatic N) is 2. The lowest BCUT2D eigenvalue weighted by Gasteiger charge is -2.36. The molecule has 13 heteroatoms. The van der Waals surface area contributed by atoms with Crippen LogP contribution in [0.1, 0.15) is 52.5 Å². The van der Waals surface area contributed by atoms with E-state index >= 15 is 0 Å². The van der Waals surface area contributed by atoms with Gasteiger partial charge in [0.05, 0.1) is 0 Å². The number of hydrogen-bond acceptors (Lipinski definition) is 7. The van der Waals surface area contributed by atoms with Crippen molar-refractivity contribution in [3.8, 4) is 5.75 Å². The number of nitrogens with one attached hydrogen (secondary N) is 2. The third-order valence-electron chi connectivity index (χ3n) is 5.98. The summed E-state index contributed by atoms with van der Waals surface area (Å²) < 4.78 is 10.4. The third-order valence-corrected chi connectivity index (χ3v) is 5.98. The van der Waals surface area contributed by atoms with Gasteiger partial charge in [-0.05, 0) is 44.9 Å². The molecule has 0 saturated carbocycles. The van der Waals surface area contributed by atoms with E-state index in [-0.39, 0.29) is 31.2 Å². The lowest BCUT2D eigenvalue weighted by atomic mass is 10.0. The molecule has 0 radical (unpaired) electrons. The first-order valence-corrected chi connectivity index (χ1v) is 13.3. The van der Waals surface area contributed by atoms with E-state index in [4.69, 9.17) is 19.7 Å². The van der Waals surface area contributed by atoms with Crippen molar-refractivity contribution in [1.29, 1.82) is 0 Å². The van der Waals surface area contributed by atoms with Crippen molar-refractivity contribution in [2.24, 2.45) is 0 Å². The molecule has 4 N–H and O–H groups in total. The molecule has 1 aliphatic heterocycles. The van der Waals surface area contributed by atoms with Gasteiger partial charge in [0.2, 0.25) is 5.91 Å². The fourth-order valence-corrected chi connectivity index (χ4v) is 3.86. The van der Waals surface area contributed by atoms with Crippen LogP contribution in [0.3, 0.4) is 0 Å². The van der Waals surface area contributed by atoms with Crippen LogP contribution in [0, 0.1) is 0 Å². The second-order valence-corrected chi connectivity index (χ2v) is 10.5. The molecule has 222 valence electrons. The molecule has 1 saturated heterocycles. The molecule has 1 fully saturated rings. The Morgan fingerprint density at radius 3 is 2.02 bits per heavy atom. The summed E-state index contributed by atoms with van der Waals surface area (Å²) in [6, 6.07) is 4.60. The van der Waals surface area contributed by atoms with Gasteiger partial charge in [-0.3, -0.25) is 4.79 Å². The van der Waals surface area contributed by atoms with Gasteiger partial charge in [0.15, 0.2) is 0 Å². The highest BCUT2D eigenvalue weighted by Crippen LogP contribution is 2.16. The van der Waals surface area contributed by atoms with Gasteiger partial charge in [0.25, 0.3) is 6.10 Å². The number of carbonyl (C=O) groups is 5. The molecule has 0 aromatic heterocycles. The molecule has 40 heavy (non-hydrogen) atoms. The molecule has 1 aromatic rings. The van der Waals surface area contributed by atoms with Gasteiger partial charge >= 0.3 is 24.1 Å². The molecule has 0 bridgehead atoms. The van der Waals surface area contributed by atoms with Crippen LogP contribution in [0.15, 0.2) is 24.3 Å². The fraction of sp³-hybridized carbons (Fsp3) is 0.593. The number of hydrogen-bond donors (Lipinski definition) is 4. The van der Waals surface area contributed by atoms with Crippen LogP contribution in [0.5, 0.6) is 5.75 Å². The molecule has 1 aromatic carbocycles. The fourth-order valence-electron chi connectivity index (χ4n) is 3.86. The second kappa shape index (κ2) is 14.9. The molecule has 1 atom stereocenters. The largest absolute Gasteiger partial charge is 0.478 e. The summed E-state index contributed by atoms with van der Waals surface area (Å²) in [4.78, 5) is 63.6. The van der Waals surface area contributed by atoms with Gasteiger partial charge in [-0.1, -0.05) is 31.9 Å². The van der Waals surface area contributed by atoms with Crippen LogP contribution in [0.2, 0.25) is 0 Å². The summed E-state index contributed by atoms with van der Waals surface area (Å²) in [5, 5.41) is 23.6. The van der Waals surface area contributed by atoms with Gasteiger partial charge in [-0.25, -0.2) is 19.2 Å². The number of carbonyl (C=O) groups excluding carboxylic acids is 3. The standard InChI is InChI=1S/C27H40N4O9/c1-5-6-7-12-28-22(32)20(17-18-8-10-19(11-9-18)39-21(23(33)34)24(35)36)29-25(37)30-13-15-31(16-14-30)26(38)40-27(2,3)4/h8-11,20-21H,5-7,12-17H2,1-4H3,(H,28,32)(H,29,37)(H,33,34)(H,35,36)/t20-/m0/s1. The number of urea groups is 1. The Morgan fingerprint density at radius 2 is 1.50 bits per heavy atom. The summed E-state index contributed by atoms with van der Waals surface area (Å²) in [6.45, 7) is 9.01. The first kappa shape index (κ1) is 32.2. The SMILES string of the molecule is CCCCCNC(=O)[C@H](Cc1ccc(OC(C(=O)O)C(=O)O)cc1)NC(=O)N1CCN(C(=O)OC(C)(C)C)CC1. The number of carboxylic acids is 2. The lowest BCUT2D eigenvalue weighted by Crippen LogP contribution is -2.57. The predicted molar refractivity (Wildman–Crippen MR) is 144 cm³/mol. The van der Waals surface area contributed by atoms with Crippen LogP contribution in [-0.4, -0.2) is 100 Å². The number of piperazine rings is 1. The number of aliphatic carboxylic acids is 2. The summed E-state index contributed by atoms with van der Waals surface area (Å²) in [7, 11) is 0. The molecule has 13 nitrogen and oxygen atoms in total. The van der Waals surface area contributed by atoms with E-state index in [1.165, 1.54) is 21.9 Å². The van der Waals surface area contributed by atoms with Crippen LogP contribution < -0.4 is 15.4 Å². The van der Waals surface area contributed by atoms with Gasteiger partial charge in [0, 0.05) is 39.1 Å². The van der Waals surface area contributed by atoms with Crippen molar-refractivity contribution >= 4 is 30.0 Å². The molecule has 0 unspecified atom stereocenters. The summed E-state index contributed by atoms with van der Waals surface area (Å²) >= 11 is 0. The number of rotatable bonds is 12. The first-order valence-electron chi connectivity index (χ1n) is 13.3. The minimum atomic E-state index is -2.05. The Hall–Kier alpha value is -4.03. The minimum absolute atomic E-state index is 0.0333. The second-order valence-electron chi connectivity index (χ2n) is 10.5. The van der Waals surface area contributed by atoms with E-state index in [1.54, 1.807) is 32.9 Å². The number of carboxylic acid groups (broad SMARTS) is 2. The van der Waals surface area contributed by atoms with E-state index in [2.05, 4.69) is 17.6 Å². The summed E-state index contributed by atoms with van der Waals surface area (Å²) in [5.74, 6) is -3.59. The maximum Gasteiger partial charge on any atom is 0.410 e. The topological polar surface area (TPSA) is 175 Å². The van der Waals surface area contributed by atoms with Crippen LogP contribution in [0.4, 0.5) is 9.59 Å². The average molecular weight is 565 g/mol. The zero-order valence-corrected chi connectivity index (χ0v) is 23.5. The van der Waals surface area contributed by atoms with Crippen molar-refractivity contribution in [2.75, 3.05) is 32.7 Å². The maximum absolute atomic E-state index is 13.1. The number of amides is 4. The first-order chi connectivity index (χ1) is 18.8. The summed E-state index contributed by atoms with van der Waals surface area (Å²) in [5.41, 5.74) is 0.0142. The lowest BCUT2D eigenvalue weighted by molar-refractivity contribution is -0.159. The van der Waals surface area contributed by atoms with E-state index in [9.17, 15) is 24.0 Å². The highest BCUT2D eigenvalue weighted by atomic mass is 16.6. The molecule has 1 aliphatic rings. The number of unbranched alkanes of at least 4 members (excludes halogenated alkanes) is 2. The molecule has 4 amide bonds. The van der Waals surface area contributed by atoms with E-state index in [1.807, 2.05) is 0 Å². The third kappa shape index (κ3) is 10.6. The minimum Gasteiger partial charge on any atom is -0.478 e. The van der Waals surface area contributed by atoms with E-state index < -0.39 is 41.8 Å². The van der Waals surface area contributed by atoms with Gasteiger partial charge in [-0.2, -0.15) is 0 Å². The Labute approximate surface area is 233 Å². The summed E-state index contributed by atoms with van der Waals surface area (Å²) in [6.07, 6.45) is 0.379. The van der Waals surface area contributed by atoms with Gasteiger partial charge in [-0.15, -0.1) is 0 Å². The zero-order chi connectivity index (χ0) is 29.9. The molecule has 1 heterocycles.